The minimum absolute atomic E-state index is 0.208. The van der Waals surface area contributed by atoms with Crippen LogP contribution in [-0.4, -0.2) is 46.9 Å². The highest BCUT2D eigenvalue weighted by molar-refractivity contribution is 5.77. The molecule has 42 heavy (non-hydrogen) atoms. The second-order valence-electron chi connectivity index (χ2n) is 12.1. The Bertz CT molecular complexity index is 1720. The van der Waals surface area contributed by atoms with Crippen LogP contribution in [0, 0.1) is 0 Å². The number of rotatable bonds is 7. The van der Waals surface area contributed by atoms with Crippen LogP contribution in [0.2, 0.25) is 0 Å². The highest BCUT2D eigenvalue weighted by Crippen LogP contribution is 2.38. The molecule has 0 amide bonds. The molecule has 0 unspecified atom stereocenters. The molecule has 2 aliphatic carbocycles. The Morgan fingerprint density at radius 1 is 1.10 bits per heavy atom. The predicted molar refractivity (Wildman–Crippen MR) is 164 cm³/mol. The molecule has 1 fully saturated rings. The third-order valence-corrected chi connectivity index (χ3v) is 9.59. The van der Waals surface area contributed by atoms with Gasteiger partial charge in [-0.1, -0.05) is 44.4 Å². The first-order chi connectivity index (χ1) is 20.5. The van der Waals surface area contributed by atoms with E-state index in [1.54, 1.807) is 21.6 Å². The first-order valence-electron chi connectivity index (χ1n) is 15.4. The fourth-order valence-corrected chi connectivity index (χ4v) is 7.15. The van der Waals surface area contributed by atoms with Gasteiger partial charge in [0, 0.05) is 31.0 Å². The van der Waals surface area contributed by atoms with Crippen LogP contribution in [0.3, 0.4) is 0 Å². The van der Waals surface area contributed by atoms with Crippen molar-refractivity contribution >= 4 is 22.7 Å². The van der Waals surface area contributed by atoms with Crippen molar-refractivity contribution in [2.45, 2.75) is 89.4 Å². The van der Waals surface area contributed by atoms with E-state index < -0.39 is 5.60 Å². The number of nitrogens with zero attached hydrogens (tertiary/aromatic N) is 6. The number of anilines is 2. The SMILES string of the molecule is C=CCn1c(=O)c2cnc(Nc3ccc4c(c3)CCN(C3CCCCC3)C4)nc2n1-c1ccc2c(n1)[C@@](O)(CC)CC2. The number of fused-ring (bicyclic) bond motifs is 3. The summed E-state index contributed by atoms with van der Waals surface area (Å²) in [4.78, 5) is 30.3. The fourth-order valence-electron chi connectivity index (χ4n) is 7.15. The molecule has 0 bridgehead atoms. The monoisotopic (exact) mass is 565 g/mol. The Morgan fingerprint density at radius 3 is 2.74 bits per heavy atom. The summed E-state index contributed by atoms with van der Waals surface area (Å²) in [5, 5.41) is 15.0. The summed E-state index contributed by atoms with van der Waals surface area (Å²) in [6, 6.07) is 11.2. The Labute approximate surface area is 245 Å². The molecule has 218 valence electrons. The van der Waals surface area contributed by atoms with Gasteiger partial charge in [-0.15, -0.1) is 6.58 Å². The van der Waals surface area contributed by atoms with Crippen LogP contribution in [-0.2, 0) is 31.5 Å². The average molecular weight is 566 g/mol. The van der Waals surface area contributed by atoms with Crippen LogP contribution in [0.5, 0.6) is 0 Å². The minimum Gasteiger partial charge on any atom is -0.384 e. The molecule has 1 aliphatic heterocycles. The maximum absolute atomic E-state index is 13.4. The van der Waals surface area contributed by atoms with Crippen LogP contribution in [0.15, 0.2) is 54.0 Å². The Morgan fingerprint density at radius 2 is 1.93 bits per heavy atom. The summed E-state index contributed by atoms with van der Waals surface area (Å²) in [6.07, 6.45) is 13.1. The molecule has 0 spiro atoms. The second kappa shape index (κ2) is 10.8. The molecule has 3 aromatic heterocycles. The Hall–Kier alpha value is -3.82. The average Bonchev–Trinajstić information content (AvgIpc) is 3.50. The van der Waals surface area contributed by atoms with Crippen molar-refractivity contribution in [3.63, 3.8) is 0 Å². The van der Waals surface area contributed by atoms with Gasteiger partial charge in [-0.05, 0) is 73.4 Å². The minimum atomic E-state index is -0.959. The quantitative estimate of drug-likeness (QED) is 0.299. The fraction of sp³-hybridized carbons (Fsp3) is 0.455. The number of nitrogens with one attached hydrogen (secondary N) is 1. The highest BCUT2D eigenvalue weighted by atomic mass is 16.3. The van der Waals surface area contributed by atoms with E-state index in [2.05, 4.69) is 40.0 Å². The molecular formula is C33H39N7O2. The largest absolute Gasteiger partial charge is 0.384 e. The zero-order valence-corrected chi connectivity index (χ0v) is 24.3. The smallest absolute Gasteiger partial charge is 0.278 e. The first kappa shape index (κ1) is 27.0. The normalized spacial score (nSPS) is 20.9. The lowest BCUT2D eigenvalue weighted by Gasteiger charge is -2.37. The number of pyridine rings is 1. The second-order valence-corrected chi connectivity index (χ2v) is 12.1. The third kappa shape index (κ3) is 4.65. The summed E-state index contributed by atoms with van der Waals surface area (Å²) >= 11 is 0. The molecule has 1 aromatic carbocycles. The molecular weight excluding hydrogens is 526 g/mol. The maximum Gasteiger partial charge on any atom is 0.278 e. The molecule has 1 atom stereocenters. The Balaban J connectivity index is 1.21. The van der Waals surface area contributed by atoms with E-state index in [0.29, 0.717) is 41.3 Å². The van der Waals surface area contributed by atoms with Gasteiger partial charge in [0.15, 0.2) is 11.5 Å². The van der Waals surface area contributed by atoms with Crippen molar-refractivity contribution in [3.05, 3.63) is 81.9 Å². The van der Waals surface area contributed by atoms with E-state index in [0.717, 1.165) is 43.2 Å². The van der Waals surface area contributed by atoms with Crippen molar-refractivity contribution in [1.82, 2.24) is 29.2 Å². The van der Waals surface area contributed by atoms with Gasteiger partial charge in [0.2, 0.25) is 5.95 Å². The lowest BCUT2D eigenvalue weighted by atomic mass is 9.91. The van der Waals surface area contributed by atoms with E-state index in [-0.39, 0.29) is 12.1 Å². The summed E-state index contributed by atoms with van der Waals surface area (Å²) in [6.45, 7) is 8.24. The zero-order valence-electron chi connectivity index (χ0n) is 24.3. The third-order valence-electron chi connectivity index (χ3n) is 9.59. The molecule has 4 heterocycles. The number of aryl methyl sites for hydroxylation is 1. The van der Waals surface area contributed by atoms with Gasteiger partial charge in [-0.3, -0.25) is 9.69 Å². The van der Waals surface area contributed by atoms with Crippen molar-refractivity contribution in [3.8, 4) is 5.82 Å². The van der Waals surface area contributed by atoms with Gasteiger partial charge in [0.05, 0.1) is 12.2 Å². The summed E-state index contributed by atoms with van der Waals surface area (Å²) in [7, 11) is 0. The van der Waals surface area contributed by atoms with Crippen LogP contribution >= 0.6 is 0 Å². The van der Waals surface area contributed by atoms with Gasteiger partial charge < -0.3 is 10.4 Å². The van der Waals surface area contributed by atoms with E-state index in [1.807, 2.05) is 19.1 Å². The van der Waals surface area contributed by atoms with E-state index in [9.17, 15) is 9.90 Å². The number of benzene rings is 1. The number of aromatic nitrogens is 5. The van der Waals surface area contributed by atoms with Crippen molar-refractivity contribution in [2.24, 2.45) is 0 Å². The van der Waals surface area contributed by atoms with Gasteiger partial charge >= 0.3 is 0 Å². The summed E-state index contributed by atoms with van der Waals surface area (Å²) in [5.74, 6) is 0.954. The molecule has 3 aliphatic rings. The number of aliphatic hydroxyl groups is 1. The van der Waals surface area contributed by atoms with E-state index in [1.165, 1.54) is 43.2 Å². The maximum atomic E-state index is 13.4. The molecule has 2 N–H and O–H groups in total. The molecule has 4 aromatic rings. The van der Waals surface area contributed by atoms with Gasteiger partial charge in [-0.25, -0.2) is 19.3 Å². The zero-order chi connectivity index (χ0) is 28.8. The molecule has 7 rings (SSSR count). The standard InChI is InChI=1S/C33H39N7O2/c1-3-17-39-31(41)27-20-34-32(37-30(27)40(39)28-13-11-22-14-16-33(42,4-2)29(22)36-28)35-25-12-10-24-21-38(18-15-23(24)19-25)26-8-6-5-7-9-26/h3,10-13,19-20,26,42H,1,4-9,14-18,21H2,2H3,(H,34,35,37)/t33-/m1/s1. The van der Waals surface area contributed by atoms with Crippen LogP contribution < -0.4 is 10.9 Å². The van der Waals surface area contributed by atoms with Crippen molar-refractivity contribution < 1.29 is 5.11 Å². The van der Waals surface area contributed by atoms with Gasteiger partial charge in [0.1, 0.15) is 11.0 Å². The van der Waals surface area contributed by atoms with Gasteiger partial charge in [0.25, 0.3) is 5.56 Å². The topological polar surface area (TPSA) is 101 Å². The first-order valence-corrected chi connectivity index (χ1v) is 15.4. The number of allylic oxidation sites excluding steroid dienone is 1. The number of hydrogen-bond donors (Lipinski definition) is 2. The number of hydrogen-bond acceptors (Lipinski definition) is 7. The van der Waals surface area contributed by atoms with Crippen LogP contribution in [0.25, 0.3) is 16.9 Å². The van der Waals surface area contributed by atoms with Crippen molar-refractivity contribution in [2.75, 3.05) is 11.9 Å². The molecule has 9 heteroatoms. The van der Waals surface area contributed by atoms with E-state index in [4.69, 9.17) is 9.97 Å². The van der Waals surface area contributed by atoms with E-state index >= 15 is 0 Å². The molecule has 9 nitrogen and oxygen atoms in total. The molecule has 1 saturated carbocycles. The summed E-state index contributed by atoms with van der Waals surface area (Å²) in [5.41, 5.74) is 4.73. The van der Waals surface area contributed by atoms with Crippen LogP contribution in [0.1, 0.15) is 74.3 Å². The lowest BCUT2D eigenvalue weighted by molar-refractivity contribution is 0.0306. The predicted octanol–water partition coefficient (Wildman–Crippen LogP) is 5.14. The highest BCUT2D eigenvalue weighted by Gasteiger charge is 2.37. The van der Waals surface area contributed by atoms with Crippen molar-refractivity contribution in [1.29, 1.82) is 0 Å². The molecule has 0 radical (unpaired) electrons. The van der Waals surface area contributed by atoms with Gasteiger partial charge in [-0.2, -0.15) is 4.98 Å². The van der Waals surface area contributed by atoms with Crippen LogP contribution in [0.4, 0.5) is 11.6 Å². The summed E-state index contributed by atoms with van der Waals surface area (Å²) < 4.78 is 3.30. The molecule has 0 saturated heterocycles. The lowest BCUT2D eigenvalue weighted by Crippen LogP contribution is -2.40. The Kier molecular flexibility index (Phi) is 6.94.